The highest BCUT2D eigenvalue weighted by Gasteiger charge is 2.09. The minimum Gasteiger partial charge on any atom is -0.381 e. The van der Waals surface area contributed by atoms with Gasteiger partial charge in [-0.1, -0.05) is 13.8 Å². The SMILES string of the molecule is COC(CC=O)C(C)C. The molecule has 0 aromatic rings. The molecule has 1 unspecified atom stereocenters. The molecule has 2 heteroatoms. The maximum atomic E-state index is 10.00. The molecule has 0 spiro atoms. The van der Waals surface area contributed by atoms with Crippen LogP contribution in [0.3, 0.4) is 0 Å². The van der Waals surface area contributed by atoms with E-state index in [1.807, 2.05) is 13.8 Å². The zero-order valence-corrected chi connectivity index (χ0v) is 6.26. The minimum absolute atomic E-state index is 0.0995. The predicted octanol–water partition coefficient (Wildman–Crippen LogP) is 1.25. The summed E-state index contributed by atoms with van der Waals surface area (Å²) in [7, 11) is 1.63. The van der Waals surface area contributed by atoms with E-state index in [-0.39, 0.29) is 6.10 Å². The minimum atomic E-state index is 0.0995. The Bertz CT molecular complexity index is 79.0. The van der Waals surface area contributed by atoms with Crippen molar-refractivity contribution in [2.45, 2.75) is 26.4 Å². The molecule has 0 aromatic carbocycles. The molecule has 1 atom stereocenters. The first-order valence-corrected chi connectivity index (χ1v) is 3.18. The van der Waals surface area contributed by atoms with Gasteiger partial charge < -0.3 is 9.53 Å². The Morgan fingerprint density at radius 3 is 2.22 bits per heavy atom. The fourth-order valence-electron chi connectivity index (χ4n) is 0.735. The van der Waals surface area contributed by atoms with Gasteiger partial charge in [0.1, 0.15) is 6.29 Å². The Labute approximate surface area is 56.2 Å². The molecular formula is C7H14O2. The molecule has 2 nitrogen and oxygen atoms in total. The Morgan fingerprint density at radius 2 is 2.11 bits per heavy atom. The molecule has 0 radical (unpaired) electrons. The molecule has 0 aliphatic rings. The van der Waals surface area contributed by atoms with E-state index in [9.17, 15) is 4.79 Å². The summed E-state index contributed by atoms with van der Waals surface area (Å²) < 4.78 is 5.02. The Morgan fingerprint density at radius 1 is 1.56 bits per heavy atom. The van der Waals surface area contributed by atoms with Crippen molar-refractivity contribution in [1.29, 1.82) is 0 Å². The van der Waals surface area contributed by atoms with E-state index in [1.165, 1.54) is 0 Å². The van der Waals surface area contributed by atoms with Crippen molar-refractivity contribution in [1.82, 2.24) is 0 Å². The normalized spacial score (nSPS) is 13.8. The summed E-state index contributed by atoms with van der Waals surface area (Å²) in [6.45, 7) is 4.08. The van der Waals surface area contributed by atoms with Crippen LogP contribution in [-0.2, 0) is 9.53 Å². The van der Waals surface area contributed by atoms with Crippen molar-refractivity contribution in [3.63, 3.8) is 0 Å². The molecule has 0 amide bonds. The van der Waals surface area contributed by atoms with Crippen LogP contribution in [0.2, 0.25) is 0 Å². The van der Waals surface area contributed by atoms with E-state index in [4.69, 9.17) is 4.74 Å². The standard InChI is InChI=1S/C7H14O2/c1-6(2)7(9-3)4-5-8/h5-7H,4H2,1-3H3. The van der Waals surface area contributed by atoms with E-state index < -0.39 is 0 Å². The topological polar surface area (TPSA) is 26.3 Å². The largest absolute Gasteiger partial charge is 0.381 e. The van der Waals surface area contributed by atoms with Crippen LogP contribution >= 0.6 is 0 Å². The van der Waals surface area contributed by atoms with E-state index in [2.05, 4.69) is 0 Å². The number of rotatable bonds is 4. The van der Waals surface area contributed by atoms with Crippen molar-refractivity contribution in [2.24, 2.45) is 5.92 Å². The van der Waals surface area contributed by atoms with Gasteiger partial charge in [-0.05, 0) is 5.92 Å². The van der Waals surface area contributed by atoms with Gasteiger partial charge in [0.05, 0.1) is 6.10 Å². The third-order valence-electron chi connectivity index (χ3n) is 1.37. The average Bonchev–Trinajstić information content (AvgIpc) is 1.82. The molecule has 0 aliphatic carbocycles. The molecule has 0 fully saturated rings. The summed E-state index contributed by atoms with van der Waals surface area (Å²) in [5.74, 6) is 0.431. The van der Waals surface area contributed by atoms with Crippen molar-refractivity contribution in [3.05, 3.63) is 0 Å². The van der Waals surface area contributed by atoms with E-state index >= 15 is 0 Å². The van der Waals surface area contributed by atoms with Crippen LogP contribution in [0.15, 0.2) is 0 Å². The predicted molar refractivity (Wildman–Crippen MR) is 36.3 cm³/mol. The number of carbonyl (C=O) groups excluding carboxylic acids is 1. The number of aldehydes is 1. The van der Waals surface area contributed by atoms with Crippen LogP contribution < -0.4 is 0 Å². The first kappa shape index (κ1) is 8.63. The highest BCUT2D eigenvalue weighted by Crippen LogP contribution is 2.07. The lowest BCUT2D eigenvalue weighted by atomic mass is 10.1. The molecule has 0 saturated carbocycles. The molecule has 54 valence electrons. The third kappa shape index (κ3) is 3.25. The zero-order chi connectivity index (χ0) is 7.28. The maximum absolute atomic E-state index is 10.00. The Balaban J connectivity index is 3.53. The lowest BCUT2D eigenvalue weighted by Crippen LogP contribution is -2.17. The quantitative estimate of drug-likeness (QED) is 0.535. The number of methoxy groups -OCH3 is 1. The van der Waals surface area contributed by atoms with E-state index in [1.54, 1.807) is 7.11 Å². The smallest absolute Gasteiger partial charge is 0.122 e. The van der Waals surface area contributed by atoms with Crippen LogP contribution in [0.5, 0.6) is 0 Å². The van der Waals surface area contributed by atoms with Gasteiger partial charge in [-0.2, -0.15) is 0 Å². The molecule has 9 heavy (non-hydrogen) atoms. The second kappa shape index (κ2) is 4.50. The summed E-state index contributed by atoms with van der Waals surface area (Å²) >= 11 is 0. The highest BCUT2D eigenvalue weighted by atomic mass is 16.5. The molecule has 0 heterocycles. The molecule has 0 rings (SSSR count). The summed E-state index contributed by atoms with van der Waals surface area (Å²) in [5, 5.41) is 0. The molecule has 0 bridgehead atoms. The van der Waals surface area contributed by atoms with Gasteiger partial charge in [0, 0.05) is 13.5 Å². The molecule has 0 N–H and O–H groups in total. The summed E-state index contributed by atoms with van der Waals surface area (Å²) in [6, 6.07) is 0. The van der Waals surface area contributed by atoms with Crippen LogP contribution in [0.4, 0.5) is 0 Å². The summed E-state index contributed by atoms with van der Waals surface area (Å²) in [6.07, 6.45) is 1.50. The molecule has 0 aliphatic heterocycles. The molecule has 0 aromatic heterocycles. The van der Waals surface area contributed by atoms with Crippen molar-refractivity contribution in [2.75, 3.05) is 7.11 Å². The van der Waals surface area contributed by atoms with Crippen molar-refractivity contribution < 1.29 is 9.53 Å². The first-order valence-electron chi connectivity index (χ1n) is 3.18. The first-order chi connectivity index (χ1) is 4.22. The van der Waals surface area contributed by atoms with Crippen molar-refractivity contribution in [3.8, 4) is 0 Å². The van der Waals surface area contributed by atoms with Crippen LogP contribution in [0.1, 0.15) is 20.3 Å². The highest BCUT2D eigenvalue weighted by molar-refractivity contribution is 5.50. The number of carbonyl (C=O) groups is 1. The second-order valence-corrected chi connectivity index (χ2v) is 2.42. The number of ether oxygens (including phenoxy) is 1. The van der Waals surface area contributed by atoms with Crippen LogP contribution in [0.25, 0.3) is 0 Å². The van der Waals surface area contributed by atoms with E-state index in [0.29, 0.717) is 12.3 Å². The lowest BCUT2D eigenvalue weighted by molar-refractivity contribution is -0.110. The van der Waals surface area contributed by atoms with Gasteiger partial charge >= 0.3 is 0 Å². The van der Waals surface area contributed by atoms with Gasteiger partial charge in [0.25, 0.3) is 0 Å². The van der Waals surface area contributed by atoms with Crippen LogP contribution in [0, 0.1) is 5.92 Å². The van der Waals surface area contributed by atoms with Gasteiger partial charge in [-0.3, -0.25) is 0 Å². The third-order valence-corrected chi connectivity index (χ3v) is 1.37. The number of hydrogen-bond donors (Lipinski definition) is 0. The molecular weight excluding hydrogens is 116 g/mol. The van der Waals surface area contributed by atoms with Crippen molar-refractivity contribution >= 4 is 6.29 Å². The Kier molecular flexibility index (Phi) is 4.32. The fourth-order valence-corrected chi connectivity index (χ4v) is 0.735. The Hall–Kier alpha value is -0.370. The van der Waals surface area contributed by atoms with Crippen LogP contribution in [-0.4, -0.2) is 19.5 Å². The van der Waals surface area contributed by atoms with Gasteiger partial charge in [0.2, 0.25) is 0 Å². The maximum Gasteiger partial charge on any atom is 0.122 e. The second-order valence-electron chi connectivity index (χ2n) is 2.42. The summed E-state index contributed by atoms with van der Waals surface area (Å²) in [5.41, 5.74) is 0. The summed E-state index contributed by atoms with van der Waals surface area (Å²) in [4.78, 5) is 10.00. The number of hydrogen-bond acceptors (Lipinski definition) is 2. The average molecular weight is 130 g/mol. The van der Waals surface area contributed by atoms with E-state index in [0.717, 1.165) is 6.29 Å². The van der Waals surface area contributed by atoms with Gasteiger partial charge in [-0.15, -0.1) is 0 Å². The van der Waals surface area contributed by atoms with Gasteiger partial charge in [-0.25, -0.2) is 0 Å². The fraction of sp³-hybridized carbons (Fsp3) is 0.857. The zero-order valence-electron chi connectivity index (χ0n) is 6.26. The monoisotopic (exact) mass is 130 g/mol. The molecule has 0 saturated heterocycles. The lowest BCUT2D eigenvalue weighted by Gasteiger charge is -2.15. The van der Waals surface area contributed by atoms with Gasteiger partial charge in [0.15, 0.2) is 0 Å².